The van der Waals surface area contributed by atoms with Crippen LogP contribution in [0.15, 0.2) is 24.8 Å². The lowest BCUT2D eigenvalue weighted by molar-refractivity contribution is -0.127. The molecule has 74 heavy (non-hydrogen) atoms. The average Bonchev–Trinajstić information content (AvgIpc) is 3.64. The van der Waals surface area contributed by atoms with Gasteiger partial charge in [0.1, 0.15) is 45.2 Å². The topological polar surface area (TPSA) is 141 Å². The van der Waals surface area contributed by atoms with Crippen LogP contribution in [-0.4, -0.2) is 142 Å². The largest absolute Gasteiger partial charge is 0.444 e. The summed E-state index contributed by atoms with van der Waals surface area (Å²) in [6, 6.07) is 4.45. The second kappa shape index (κ2) is 23.5. The number of hydrogen-bond donors (Lipinski definition) is 2. The number of nitrogens with zero attached hydrogens (tertiary/aromatic N) is 8. The molecule has 4 aliphatic heterocycles. The molecule has 8 rings (SSSR count). The molecule has 4 fully saturated rings. The molecular weight excluding hydrogens is 1010 g/mol. The molecule has 4 aromatic rings. The van der Waals surface area contributed by atoms with Gasteiger partial charge in [0, 0.05) is 98.1 Å². The standard InChI is InChI=1S/2C26H38F3N5O2S/c2*1-16(2)21(17-13-34(14-17)24(35)36-25(3,4)5)32-18-7-6-9-33(10-8-18)22-20-11-19(12-26(27,28)29)37-23(20)31-15-30-22/h2*11,15-18,21,32H,6-10,12-14H2,1-5H3/t18-,21+;18-,21-/m01/s1. The van der Waals surface area contributed by atoms with Gasteiger partial charge in [0.05, 0.1) is 23.6 Å². The van der Waals surface area contributed by atoms with Gasteiger partial charge in [-0.3, -0.25) is 0 Å². The van der Waals surface area contributed by atoms with Gasteiger partial charge in [-0.15, -0.1) is 22.7 Å². The van der Waals surface area contributed by atoms with E-state index in [-0.39, 0.29) is 21.9 Å². The van der Waals surface area contributed by atoms with Crippen LogP contribution < -0.4 is 20.4 Å². The molecule has 2 amide bonds. The minimum Gasteiger partial charge on any atom is -0.444 e. The highest BCUT2D eigenvalue weighted by molar-refractivity contribution is 7.19. The average molecular weight is 1080 g/mol. The number of rotatable bonds is 12. The monoisotopic (exact) mass is 1080 g/mol. The van der Waals surface area contributed by atoms with Crippen molar-refractivity contribution in [2.75, 3.05) is 62.2 Å². The Balaban J connectivity index is 0.000000216. The van der Waals surface area contributed by atoms with Gasteiger partial charge in [0.2, 0.25) is 0 Å². The molecule has 14 nitrogen and oxygen atoms in total. The van der Waals surface area contributed by atoms with Crippen molar-refractivity contribution < 1.29 is 45.4 Å². The summed E-state index contributed by atoms with van der Waals surface area (Å²) in [5.41, 5.74) is -0.996. The van der Waals surface area contributed by atoms with Crippen LogP contribution in [0.2, 0.25) is 0 Å². The van der Waals surface area contributed by atoms with Crippen LogP contribution in [0.4, 0.5) is 47.6 Å². The molecule has 412 valence electrons. The van der Waals surface area contributed by atoms with Crippen molar-refractivity contribution in [3.8, 4) is 0 Å². The summed E-state index contributed by atoms with van der Waals surface area (Å²) in [5.74, 6) is 3.05. The fraction of sp³-hybridized carbons (Fsp3) is 0.731. The second-order valence-corrected chi connectivity index (χ2v) is 25.5. The molecule has 4 saturated heterocycles. The number of alkyl halides is 6. The fourth-order valence-electron chi connectivity index (χ4n) is 10.5. The van der Waals surface area contributed by atoms with Crippen LogP contribution in [0, 0.1) is 23.7 Å². The normalized spacial score (nSPS) is 20.7. The minimum atomic E-state index is -4.24. The summed E-state index contributed by atoms with van der Waals surface area (Å²) < 4.78 is 88.5. The minimum absolute atomic E-state index is 0.251. The van der Waals surface area contributed by atoms with Gasteiger partial charge in [-0.25, -0.2) is 29.5 Å². The fourth-order valence-corrected chi connectivity index (χ4v) is 12.6. The molecular formula is C52H76F6N10O4S2. The lowest BCUT2D eigenvalue weighted by Gasteiger charge is -2.46. The van der Waals surface area contributed by atoms with Gasteiger partial charge in [-0.05, 0) is 104 Å². The molecule has 4 aromatic heterocycles. The first-order valence-electron chi connectivity index (χ1n) is 26.2. The summed E-state index contributed by atoms with van der Waals surface area (Å²) >= 11 is 2.18. The summed E-state index contributed by atoms with van der Waals surface area (Å²) in [6.07, 6.45) is -2.19. The maximum absolute atomic E-state index is 12.9. The number of aromatic nitrogens is 4. The molecule has 0 saturated carbocycles. The molecule has 0 aliphatic carbocycles. The molecule has 0 radical (unpaired) electrons. The predicted octanol–water partition coefficient (Wildman–Crippen LogP) is 11.3. The van der Waals surface area contributed by atoms with Crippen molar-refractivity contribution in [2.24, 2.45) is 23.7 Å². The lowest BCUT2D eigenvalue weighted by Crippen LogP contribution is -2.60. The Morgan fingerprint density at radius 3 is 1.28 bits per heavy atom. The number of carbonyl (C=O) groups excluding carboxylic acids is 2. The third-order valence-electron chi connectivity index (χ3n) is 14.0. The molecule has 0 spiro atoms. The van der Waals surface area contributed by atoms with Crippen LogP contribution in [0.25, 0.3) is 20.4 Å². The molecule has 0 bridgehead atoms. The molecule has 2 N–H and O–H groups in total. The quantitative estimate of drug-likeness (QED) is 0.130. The van der Waals surface area contributed by atoms with Gasteiger partial charge in [-0.1, -0.05) is 27.7 Å². The van der Waals surface area contributed by atoms with Gasteiger partial charge < -0.3 is 39.7 Å². The van der Waals surface area contributed by atoms with E-state index < -0.39 is 36.4 Å². The van der Waals surface area contributed by atoms with Crippen molar-refractivity contribution in [1.29, 1.82) is 0 Å². The van der Waals surface area contributed by atoms with Crippen molar-refractivity contribution in [3.63, 3.8) is 0 Å². The summed E-state index contributed by atoms with van der Waals surface area (Å²) in [7, 11) is 0. The number of likely N-dealkylation sites (tertiary alicyclic amines) is 2. The summed E-state index contributed by atoms with van der Waals surface area (Å²) in [4.78, 5) is 51.7. The first-order valence-corrected chi connectivity index (χ1v) is 27.8. The van der Waals surface area contributed by atoms with Crippen molar-refractivity contribution in [1.82, 2.24) is 40.4 Å². The highest BCUT2D eigenvalue weighted by atomic mass is 32.1. The summed E-state index contributed by atoms with van der Waals surface area (Å²) in [6.45, 7) is 26.0. The first kappa shape index (κ1) is 57.4. The van der Waals surface area contributed by atoms with E-state index in [9.17, 15) is 35.9 Å². The van der Waals surface area contributed by atoms with Gasteiger partial charge in [-0.2, -0.15) is 26.3 Å². The lowest BCUT2D eigenvalue weighted by atomic mass is 9.84. The number of anilines is 2. The highest BCUT2D eigenvalue weighted by Crippen LogP contribution is 2.37. The summed E-state index contributed by atoms with van der Waals surface area (Å²) in [5, 5.41) is 9.17. The van der Waals surface area contributed by atoms with Crippen LogP contribution in [0.1, 0.15) is 118 Å². The van der Waals surface area contributed by atoms with Crippen LogP contribution in [0.3, 0.4) is 0 Å². The maximum Gasteiger partial charge on any atom is 0.410 e. The third-order valence-corrected chi connectivity index (χ3v) is 16.0. The smallest absolute Gasteiger partial charge is 0.410 e. The Labute approximate surface area is 439 Å². The Morgan fingerprint density at radius 1 is 0.595 bits per heavy atom. The highest BCUT2D eigenvalue weighted by Gasteiger charge is 2.42. The van der Waals surface area contributed by atoms with E-state index in [2.05, 4.69) is 68.1 Å². The van der Waals surface area contributed by atoms with E-state index in [0.29, 0.717) is 94.5 Å². The first-order chi connectivity index (χ1) is 34.6. The van der Waals surface area contributed by atoms with E-state index in [4.69, 9.17) is 9.47 Å². The van der Waals surface area contributed by atoms with Crippen LogP contribution in [0.5, 0.6) is 0 Å². The number of thiophene rings is 2. The van der Waals surface area contributed by atoms with Crippen LogP contribution >= 0.6 is 22.7 Å². The molecule has 8 heterocycles. The number of hydrogen-bond acceptors (Lipinski definition) is 14. The van der Waals surface area contributed by atoms with Gasteiger partial charge in [0.15, 0.2) is 0 Å². The molecule has 4 atom stereocenters. The SMILES string of the molecule is CC(C)[C@@H](N[C@@H]1CCCN(c2ncnc3sc(CC(F)(F)F)cc23)CC1)C1CN(C(=O)OC(C)(C)C)C1.CC(C)[C@@H](N[C@H]1CCCN(c2ncnc3sc(CC(F)(F)F)cc23)CC1)C1CN(C(=O)OC(C)(C)C)C1. The maximum atomic E-state index is 12.9. The Kier molecular flexibility index (Phi) is 18.3. The van der Waals surface area contributed by atoms with Gasteiger partial charge in [0.25, 0.3) is 0 Å². The zero-order chi connectivity index (χ0) is 53.9. The Morgan fingerprint density at radius 2 is 0.959 bits per heavy atom. The van der Waals surface area contributed by atoms with Gasteiger partial charge >= 0.3 is 24.5 Å². The predicted molar refractivity (Wildman–Crippen MR) is 280 cm³/mol. The van der Waals surface area contributed by atoms with E-state index in [0.717, 1.165) is 99.0 Å². The Hall–Kier alpha value is -4.28. The second-order valence-electron chi connectivity index (χ2n) is 23.2. The number of amides is 2. The zero-order valence-corrected chi connectivity index (χ0v) is 46.2. The molecule has 0 aromatic carbocycles. The molecule has 0 unspecified atom stereocenters. The van der Waals surface area contributed by atoms with Crippen molar-refractivity contribution in [3.05, 3.63) is 34.5 Å². The molecule has 4 aliphatic rings. The zero-order valence-electron chi connectivity index (χ0n) is 44.5. The van der Waals surface area contributed by atoms with Crippen molar-refractivity contribution in [2.45, 2.75) is 168 Å². The number of ether oxygens (including phenoxy) is 2. The van der Waals surface area contributed by atoms with Crippen LogP contribution in [-0.2, 0) is 22.3 Å². The number of fused-ring (bicyclic) bond motifs is 2. The van der Waals surface area contributed by atoms with Crippen molar-refractivity contribution >= 4 is 66.9 Å². The van der Waals surface area contributed by atoms with E-state index >= 15 is 0 Å². The molecule has 22 heteroatoms. The van der Waals surface area contributed by atoms with E-state index in [1.807, 2.05) is 41.5 Å². The Bertz CT molecular complexity index is 2330. The third kappa shape index (κ3) is 15.9. The number of halogens is 6. The van der Waals surface area contributed by atoms with E-state index in [1.165, 1.54) is 12.7 Å². The number of carbonyl (C=O) groups is 2. The number of nitrogens with one attached hydrogen (secondary N) is 2. The van der Waals surface area contributed by atoms with E-state index in [1.54, 1.807) is 21.9 Å².